The summed E-state index contributed by atoms with van der Waals surface area (Å²) in [6.45, 7) is -1.01. The molecule has 0 spiro atoms. The highest BCUT2D eigenvalue weighted by molar-refractivity contribution is 7.71. The number of aromatic nitrogens is 1. The number of fused-ring (bicyclic) bond motifs is 1. The molecule has 2 heterocycles. The average molecular weight is 551 g/mol. The fourth-order valence-corrected chi connectivity index (χ4v) is 6.39. The number of pyridine rings is 1. The Morgan fingerprint density at radius 2 is 1.61 bits per heavy atom. The molecule has 3 unspecified atom stereocenters. The minimum absolute atomic E-state index is 0.0526. The molecule has 14 nitrogen and oxygen atoms in total. The Morgan fingerprint density at radius 1 is 1.00 bits per heavy atom. The Labute approximate surface area is 189 Å². The minimum Gasteiger partial charge on any atom is -0.387 e. The molecule has 6 atom stereocenters. The van der Waals surface area contributed by atoms with Crippen LogP contribution in [0.15, 0.2) is 30.5 Å². The van der Waals surface area contributed by atoms with Crippen LogP contribution >= 0.6 is 35.7 Å². The summed E-state index contributed by atoms with van der Waals surface area (Å²) in [5.74, 6) is -0.707. The molecule has 184 valence electrons. The summed E-state index contributed by atoms with van der Waals surface area (Å²) in [6.07, 6.45) is -5.49. The number of phosphoric acid groups is 3. The lowest BCUT2D eigenvalue weighted by Crippen LogP contribution is -2.33. The van der Waals surface area contributed by atoms with Gasteiger partial charge >= 0.3 is 23.5 Å². The second-order valence-corrected chi connectivity index (χ2v) is 11.5. The first kappa shape index (κ1) is 26.7. The summed E-state index contributed by atoms with van der Waals surface area (Å²) >= 11 is 5.30. The van der Waals surface area contributed by atoms with E-state index in [0.717, 1.165) is 10.8 Å². The van der Waals surface area contributed by atoms with E-state index in [1.165, 1.54) is 12.1 Å². The zero-order valence-electron chi connectivity index (χ0n) is 16.0. The van der Waals surface area contributed by atoms with E-state index >= 15 is 0 Å². The van der Waals surface area contributed by atoms with Gasteiger partial charge in [-0.1, -0.05) is 36.5 Å². The number of hydrogen-bond acceptors (Lipinski definition) is 10. The van der Waals surface area contributed by atoms with Crippen molar-refractivity contribution >= 4 is 46.5 Å². The van der Waals surface area contributed by atoms with Gasteiger partial charge in [0, 0.05) is 17.0 Å². The molecule has 1 aromatic heterocycles. The van der Waals surface area contributed by atoms with Gasteiger partial charge in [-0.2, -0.15) is 8.62 Å². The molecule has 1 aromatic carbocycles. The molecule has 0 saturated carbocycles. The van der Waals surface area contributed by atoms with E-state index in [1.807, 2.05) is 0 Å². The van der Waals surface area contributed by atoms with E-state index in [0.29, 0.717) is 5.39 Å². The fraction of sp³-hybridized carbons (Fsp3) is 0.357. The fourth-order valence-electron chi connectivity index (χ4n) is 3.02. The maximum Gasteiger partial charge on any atom is 0.490 e. The lowest BCUT2D eigenvalue weighted by Gasteiger charge is -2.20. The molecule has 0 radical (unpaired) electrons. The molecular formula is C14H17FNO13P3S. The molecule has 0 aliphatic carbocycles. The van der Waals surface area contributed by atoms with Crippen molar-refractivity contribution in [2.45, 2.75) is 24.5 Å². The van der Waals surface area contributed by atoms with Gasteiger partial charge in [-0.05, 0) is 0 Å². The lowest BCUT2D eigenvalue weighted by atomic mass is 10.1. The highest BCUT2D eigenvalue weighted by atomic mass is 32.1. The summed E-state index contributed by atoms with van der Waals surface area (Å²) in [4.78, 5) is 35.7. The molecule has 3 rings (SSSR count). The van der Waals surface area contributed by atoms with E-state index in [1.54, 1.807) is 12.1 Å². The minimum atomic E-state index is -5.73. The van der Waals surface area contributed by atoms with Gasteiger partial charge in [0.2, 0.25) is 0 Å². The van der Waals surface area contributed by atoms with Crippen molar-refractivity contribution in [3.05, 3.63) is 40.9 Å². The summed E-state index contributed by atoms with van der Waals surface area (Å²) in [5, 5.41) is 21.1. The smallest absolute Gasteiger partial charge is 0.387 e. The molecule has 19 heteroatoms. The van der Waals surface area contributed by atoms with Crippen LogP contribution in [-0.2, 0) is 31.6 Å². The zero-order valence-corrected chi connectivity index (χ0v) is 19.5. The van der Waals surface area contributed by atoms with Crippen molar-refractivity contribution in [3.8, 4) is 0 Å². The number of phosphoric ester groups is 1. The highest BCUT2D eigenvalue weighted by Gasteiger charge is 2.46. The average Bonchev–Trinajstić information content (AvgIpc) is 2.95. The molecule has 1 aliphatic heterocycles. The standard InChI is InChI=1S/C14H17FNO13P3S/c15-9-5-16(14(33)8-4-2-1-3-7(8)9)13-12(18)11(17)10(27-13)6-26-31(22,23)29-32(24,25)28-30(19,20)21/h1-5,10-13,17-18H,6H2,(H,22,23)(H,24,25)(H2,19,20,21)/t10-,11+,12?,13-/m1/s1. The van der Waals surface area contributed by atoms with Gasteiger partial charge in [0.15, 0.2) is 6.23 Å². The number of nitrogens with zero attached hydrogens (tertiary/aromatic N) is 1. The van der Waals surface area contributed by atoms with Crippen molar-refractivity contribution in [1.82, 2.24) is 4.57 Å². The van der Waals surface area contributed by atoms with Crippen LogP contribution in [0.25, 0.3) is 10.8 Å². The number of ether oxygens (including phenoxy) is 1. The number of aliphatic hydroxyl groups is 2. The summed E-state index contributed by atoms with van der Waals surface area (Å²) in [5.41, 5.74) is 0. The SMILES string of the molecule is O=P(O)(O)OP(=O)(O)OP(=O)(O)OC[C@H]1O[C@@H](n2cc(F)c3ccccc3c2=S)C(O)[C@H]1O. The van der Waals surface area contributed by atoms with Gasteiger partial charge in [-0.25, -0.2) is 18.1 Å². The van der Waals surface area contributed by atoms with Gasteiger partial charge in [0.05, 0.1) is 6.61 Å². The molecule has 2 aromatic rings. The molecule has 1 aliphatic rings. The van der Waals surface area contributed by atoms with Crippen LogP contribution in [-0.4, -0.2) is 59.3 Å². The van der Waals surface area contributed by atoms with Crippen LogP contribution < -0.4 is 0 Å². The maximum atomic E-state index is 14.5. The molecule has 33 heavy (non-hydrogen) atoms. The Hall–Kier alpha value is -0.930. The van der Waals surface area contributed by atoms with Gasteiger partial charge in [-0.3, -0.25) is 4.52 Å². The third-order valence-electron chi connectivity index (χ3n) is 4.33. The van der Waals surface area contributed by atoms with E-state index < -0.39 is 60.4 Å². The number of benzene rings is 1. The third kappa shape index (κ3) is 6.40. The first-order valence-corrected chi connectivity index (χ1v) is 13.6. The van der Waals surface area contributed by atoms with Crippen LogP contribution in [0.5, 0.6) is 0 Å². The predicted octanol–water partition coefficient (Wildman–Crippen LogP) is 1.47. The topological polar surface area (TPSA) is 214 Å². The number of halogens is 1. The second-order valence-electron chi connectivity index (χ2n) is 6.67. The van der Waals surface area contributed by atoms with Crippen LogP contribution in [0, 0.1) is 10.5 Å². The molecule has 0 amide bonds. The molecule has 1 saturated heterocycles. The van der Waals surface area contributed by atoms with Gasteiger partial charge in [0.1, 0.15) is 28.8 Å². The van der Waals surface area contributed by atoms with E-state index in [9.17, 15) is 33.2 Å². The van der Waals surface area contributed by atoms with E-state index in [-0.39, 0.29) is 10.0 Å². The van der Waals surface area contributed by atoms with Crippen molar-refractivity contribution in [2.24, 2.45) is 0 Å². The monoisotopic (exact) mass is 551 g/mol. The summed E-state index contributed by atoms with van der Waals surface area (Å²) in [7, 11) is -16.8. The first-order chi connectivity index (χ1) is 15.1. The summed E-state index contributed by atoms with van der Waals surface area (Å²) < 4.78 is 66.3. The van der Waals surface area contributed by atoms with Gasteiger partial charge < -0.3 is 39.1 Å². The van der Waals surface area contributed by atoms with E-state index in [2.05, 4.69) is 13.1 Å². The Morgan fingerprint density at radius 3 is 2.21 bits per heavy atom. The first-order valence-electron chi connectivity index (χ1n) is 8.69. The van der Waals surface area contributed by atoms with Gasteiger partial charge in [-0.15, -0.1) is 0 Å². The molecular weight excluding hydrogens is 534 g/mol. The van der Waals surface area contributed by atoms with Crippen LogP contribution in [0.2, 0.25) is 0 Å². The van der Waals surface area contributed by atoms with Gasteiger partial charge in [0.25, 0.3) is 0 Å². The number of rotatable bonds is 8. The lowest BCUT2D eigenvalue weighted by molar-refractivity contribution is -0.0529. The Kier molecular flexibility index (Phi) is 7.77. The molecule has 0 bridgehead atoms. The van der Waals surface area contributed by atoms with E-state index in [4.69, 9.17) is 31.6 Å². The van der Waals surface area contributed by atoms with Crippen LogP contribution in [0.4, 0.5) is 4.39 Å². The highest BCUT2D eigenvalue weighted by Crippen LogP contribution is 2.66. The van der Waals surface area contributed by atoms with Crippen molar-refractivity contribution < 1.29 is 65.8 Å². The quantitative estimate of drug-likeness (QED) is 0.203. The third-order valence-corrected chi connectivity index (χ3v) is 8.56. The maximum absolute atomic E-state index is 14.5. The van der Waals surface area contributed by atoms with Crippen molar-refractivity contribution in [1.29, 1.82) is 0 Å². The normalized spacial score (nSPS) is 27.4. The Balaban J connectivity index is 1.75. The number of aliphatic hydroxyl groups excluding tert-OH is 2. The second kappa shape index (κ2) is 9.61. The zero-order chi connectivity index (χ0) is 24.8. The van der Waals surface area contributed by atoms with Crippen molar-refractivity contribution in [3.63, 3.8) is 0 Å². The number of hydrogen-bond donors (Lipinski definition) is 6. The van der Waals surface area contributed by atoms with Crippen LogP contribution in [0.3, 0.4) is 0 Å². The molecule has 6 N–H and O–H groups in total. The van der Waals surface area contributed by atoms with Crippen LogP contribution in [0.1, 0.15) is 6.23 Å². The largest absolute Gasteiger partial charge is 0.490 e. The predicted molar refractivity (Wildman–Crippen MR) is 108 cm³/mol. The Bertz CT molecular complexity index is 1250. The van der Waals surface area contributed by atoms with Crippen molar-refractivity contribution in [2.75, 3.05) is 6.61 Å². The summed E-state index contributed by atoms with van der Waals surface area (Å²) in [6, 6.07) is 6.21. The molecule has 1 fully saturated rings.